The van der Waals surface area contributed by atoms with Gasteiger partial charge in [-0.05, 0) is 123 Å². The maximum Gasteiger partial charge on any atom is 0.309 e. The summed E-state index contributed by atoms with van der Waals surface area (Å²) in [4.78, 5) is 25.2. The van der Waals surface area contributed by atoms with Gasteiger partial charge in [0.05, 0.1) is 18.9 Å². The number of carboxylic acid groups (broad SMARTS) is 1. The van der Waals surface area contributed by atoms with E-state index in [0.29, 0.717) is 17.8 Å². The summed E-state index contributed by atoms with van der Waals surface area (Å²) in [6.07, 6.45) is 8.49. The summed E-state index contributed by atoms with van der Waals surface area (Å²) in [6.45, 7) is 17.7. The fraction of sp³-hybridized carbons (Fsp3) is 0.871. The van der Waals surface area contributed by atoms with Gasteiger partial charge < -0.3 is 14.9 Å². The number of carbonyl (C=O) groups is 2. The number of aliphatic carboxylic acids is 1. The van der Waals surface area contributed by atoms with Crippen molar-refractivity contribution < 1.29 is 24.5 Å². The molecule has 204 valence electrons. The summed E-state index contributed by atoms with van der Waals surface area (Å²) in [6, 6.07) is 0. The van der Waals surface area contributed by atoms with Gasteiger partial charge in [-0.2, -0.15) is 0 Å². The van der Waals surface area contributed by atoms with Crippen LogP contribution in [0.1, 0.15) is 99.3 Å². The summed E-state index contributed by atoms with van der Waals surface area (Å²) in [5.74, 6) is 0.551. The maximum absolute atomic E-state index is 12.8. The second-order valence-corrected chi connectivity index (χ2v) is 14.5. The predicted octanol–water partition coefficient (Wildman–Crippen LogP) is 6.49. The Morgan fingerprint density at radius 1 is 1.00 bits per heavy atom. The highest BCUT2D eigenvalue weighted by molar-refractivity contribution is 5.75. The SMILES string of the molecule is C=C(C)C1CC[C@]2(CO)CC[C@]3(C)C(CC[C@@H]4[C@@](C)(CC(=O)OC)C(C(C)(C)C(=O)O)CC[C@]43C)C12. The van der Waals surface area contributed by atoms with Gasteiger partial charge in [0.1, 0.15) is 0 Å². The summed E-state index contributed by atoms with van der Waals surface area (Å²) < 4.78 is 5.19. The molecule has 0 saturated heterocycles. The van der Waals surface area contributed by atoms with Crippen molar-refractivity contribution in [1.82, 2.24) is 0 Å². The minimum Gasteiger partial charge on any atom is -0.481 e. The van der Waals surface area contributed by atoms with E-state index >= 15 is 0 Å². The third-order valence-electron chi connectivity index (χ3n) is 13.0. The number of aliphatic hydroxyl groups is 1. The molecule has 4 saturated carbocycles. The van der Waals surface area contributed by atoms with Crippen LogP contribution in [0.4, 0.5) is 0 Å². The molecule has 36 heavy (non-hydrogen) atoms. The van der Waals surface area contributed by atoms with Crippen LogP contribution in [0.25, 0.3) is 0 Å². The normalized spacial score (nSPS) is 46.3. The Kier molecular flexibility index (Phi) is 6.80. The summed E-state index contributed by atoms with van der Waals surface area (Å²) >= 11 is 0. The van der Waals surface area contributed by atoms with Crippen molar-refractivity contribution in [2.75, 3.05) is 13.7 Å². The monoisotopic (exact) mass is 502 g/mol. The first-order chi connectivity index (χ1) is 16.6. The van der Waals surface area contributed by atoms with Crippen LogP contribution in [-0.4, -0.2) is 35.9 Å². The van der Waals surface area contributed by atoms with Gasteiger partial charge in [-0.25, -0.2) is 0 Å². The molecule has 0 heterocycles. The second kappa shape index (κ2) is 8.85. The second-order valence-electron chi connectivity index (χ2n) is 14.5. The molecule has 4 unspecified atom stereocenters. The molecule has 0 amide bonds. The van der Waals surface area contributed by atoms with Crippen LogP contribution < -0.4 is 0 Å². The Morgan fingerprint density at radius 2 is 1.67 bits per heavy atom. The standard InChI is InChI=1S/C31H50O5/c1-19(2)20-11-14-31(18-32)16-15-29(6)21(25(20)31)9-10-23-28(5,17-24(33)36-8)22(12-13-30(23,29)7)27(3,4)26(34)35/h20-23,25,32H,1,9-18H2,2-8H3,(H,34,35)/t20?,21?,22?,23-,25?,28+,29-,30-,31-/m1/s1. The molecule has 4 rings (SSSR count). The van der Waals surface area contributed by atoms with Gasteiger partial charge in [0.15, 0.2) is 0 Å². The Labute approximate surface area is 218 Å². The lowest BCUT2D eigenvalue weighted by Crippen LogP contribution is -2.65. The zero-order chi connectivity index (χ0) is 26.9. The first-order valence-electron chi connectivity index (χ1n) is 14.2. The van der Waals surface area contributed by atoms with Crippen molar-refractivity contribution in [3.63, 3.8) is 0 Å². The maximum atomic E-state index is 12.8. The third kappa shape index (κ3) is 3.57. The molecule has 0 bridgehead atoms. The fourth-order valence-electron chi connectivity index (χ4n) is 10.9. The van der Waals surface area contributed by atoms with Crippen molar-refractivity contribution in [2.45, 2.75) is 99.3 Å². The molecular formula is C31H50O5. The van der Waals surface area contributed by atoms with Gasteiger partial charge in [0, 0.05) is 6.61 Å². The van der Waals surface area contributed by atoms with Crippen LogP contribution >= 0.6 is 0 Å². The smallest absolute Gasteiger partial charge is 0.309 e. The topological polar surface area (TPSA) is 83.8 Å². The van der Waals surface area contributed by atoms with Crippen molar-refractivity contribution in [3.8, 4) is 0 Å². The van der Waals surface area contributed by atoms with E-state index in [9.17, 15) is 19.8 Å². The highest BCUT2D eigenvalue weighted by Gasteiger charge is 2.70. The number of hydrogen-bond donors (Lipinski definition) is 2. The molecule has 4 aliphatic rings. The average Bonchev–Trinajstić information content (AvgIpc) is 3.19. The minimum atomic E-state index is -0.920. The molecule has 2 N–H and O–H groups in total. The highest BCUT2D eigenvalue weighted by atomic mass is 16.5. The van der Waals surface area contributed by atoms with Gasteiger partial charge in [0.2, 0.25) is 0 Å². The molecule has 5 nitrogen and oxygen atoms in total. The van der Waals surface area contributed by atoms with Gasteiger partial charge >= 0.3 is 11.9 Å². The highest BCUT2D eigenvalue weighted by Crippen LogP contribution is 2.76. The number of allylic oxidation sites excluding steroid dienone is 1. The first kappa shape index (κ1) is 27.7. The number of esters is 1. The molecule has 4 aliphatic carbocycles. The molecule has 0 aliphatic heterocycles. The van der Waals surface area contributed by atoms with Crippen LogP contribution in [0.2, 0.25) is 0 Å². The number of hydrogen-bond acceptors (Lipinski definition) is 4. The zero-order valence-electron chi connectivity index (χ0n) is 23.8. The van der Waals surface area contributed by atoms with Crippen LogP contribution in [0.5, 0.6) is 0 Å². The molecule has 0 aromatic rings. The van der Waals surface area contributed by atoms with Crippen LogP contribution in [0.3, 0.4) is 0 Å². The van der Waals surface area contributed by atoms with E-state index in [1.54, 1.807) is 0 Å². The molecule has 0 spiro atoms. The molecule has 4 fully saturated rings. The van der Waals surface area contributed by atoms with E-state index in [4.69, 9.17) is 4.74 Å². The van der Waals surface area contributed by atoms with Crippen molar-refractivity contribution in [1.29, 1.82) is 0 Å². The number of rotatable bonds is 6. The van der Waals surface area contributed by atoms with E-state index in [1.807, 2.05) is 13.8 Å². The van der Waals surface area contributed by atoms with E-state index in [2.05, 4.69) is 34.3 Å². The average molecular weight is 503 g/mol. The van der Waals surface area contributed by atoms with Gasteiger partial charge in [-0.15, -0.1) is 0 Å². The van der Waals surface area contributed by atoms with E-state index < -0.39 is 16.8 Å². The minimum absolute atomic E-state index is 0.00635. The number of carboxylic acids is 1. The summed E-state index contributed by atoms with van der Waals surface area (Å²) in [5, 5.41) is 20.9. The third-order valence-corrected chi connectivity index (χ3v) is 13.0. The lowest BCUT2D eigenvalue weighted by atomic mass is 9.33. The quantitative estimate of drug-likeness (QED) is 0.320. The van der Waals surface area contributed by atoms with E-state index in [-0.39, 0.29) is 47.1 Å². The van der Waals surface area contributed by atoms with Crippen LogP contribution in [0, 0.1) is 56.7 Å². The van der Waals surface area contributed by atoms with Gasteiger partial charge in [-0.1, -0.05) is 32.9 Å². The van der Waals surface area contributed by atoms with Crippen molar-refractivity contribution in [3.05, 3.63) is 12.2 Å². The van der Waals surface area contributed by atoms with Crippen molar-refractivity contribution in [2.24, 2.45) is 56.7 Å². The number of carbonyl (C=O) groups excluding carboxylic acids is 1. The number of ether oxygens (including phenoxy) is 1. The Bertz CT molecular complexity index is 924. The Balaban J connectivity index is 1.80. The lowest BCUT2D eigenvalue weighted by Gasteiger charge is -2.71. The number of fused-ring (bicyclic) bond motifs is 5. The summed E-state index contributed by atoms with van der Waals surface area (Å²) in [7, 11) is 1.44. The molecular weight excluding hydrogens is 452 g/mol. The molecule has 9 atom stereocenters. The van der Waals surface area contributed by atoms with Gasteiger partial charge in [-0.3, -0.25) is 9.59 Å². The largest absolute Gasteiger partial charge is 0.481 e. The molecule has 0 radical (unpaired) electrons. The molecule has 0 aromatic carbocycles. The van der Waals surface area contributed by atoms with Gasteiger partial charge in [0.25, 0.3) is 0 Å². The molecule has 0 aromatic heterocycles. The molecule has 5 heteroatoms. The number of aliphatic hydroxyl groups excluding tert-OH is 1. The Morgan fingerprint density at radius 3 is 2.22 bits per heavy atom. The van der Waals surface area contributed by atoms with Crippen LogP contribution in [0.15, 0.2) is 12.2 Å². The first-order valence-corrected chi connectivity index (χ1v) is 14.2. The van der Waals surface area contributed by atoms with E-state index in [0.717, 1.165) is 51.4 Å². The van der Waals surface area contributed by atoms with Crippen molar-refractivity contribution >= 4 is 11.9 Å². The van der Waals surface area contributed by atoms with E-state index in [1.165, 1.54) is 12.7 Å². The lowest BCUT2D eigenvalue weighted by molar-refractivity contribution is -0.234. The predicted molar refractivity (Wildman–Crippen MR) is 141 cm³/mol. The zero-order valence-corrected chi connectivity index (χ0v) is 23.8. The Hall–Kier alpha value is -1.36. The summed E-state index contributed by atoms with van der Waals surface area (Å²) in [5.41, 5.74) is -0.0357. The fourth-order valence-corrected chi connectivity index (χ4v) is 10.9. The van der Waals surface area contributed by atoms with Crippen LogP contribution in [-0.2, 0) is 14.3 Å². The number of methoxy groups -OCH3 is 1.